The average Bonchev–Trinajstić information content (AvgIpc) is 3.00. The summed E-state index contributed by atoms with van der Waals surface area (Å²) in [6, 6.07) is 17.8. The van der Waals surface area contributed by atoms with Crippen LogP contribution in [0.15, 0.2) is 64.2 Å². The van der Waals surface area contributed by atoms with Gasteiger partial charge in [-0.1, -0.05) is 54.2 Å². The molecule has 2 aromatic carbocycles. The zero-order chi connectivity index (χ0) is 16.1. The number of hydrogen-bond acceptors (Lipinski definition) is 5. The van der Waals surface area contributed by atoms with Crippen LogP contribution in [0.2, 0.25) is 0 Å². The third-order valence-corrected chi connectivity index (χ3v) is 3.93. The first-order valence-electron chi connectivity index (χ1n) is 7.09. The van der Waals surface area contributed by atoms with Crippen LogP contribution in [0, 0.1) is 6.92 Å². The summed E-state index contributed by atoms with van der Waals surface area (Å²) in [5.41, 5.74) is 3.02. The van der Waals surface area contributed by atoms with E-state index < -0.39 is 0 Å². The predicted octanol–water partition coefficient (Wildman–Crippen LogP) is 3.78. The molecule has 0 atom stereocenters. The van der Waals surface area contributed by atoms with Crippen molar-refractivity contribution >= 4 is 23.4 Å². The van der Waals surface area contributed by atoms with Gasteiger partial charge in [-0.05, 0) is 23.3 Å². The van der Waals surface area contributed by atoms with Gasteiger partial charge in [-0.3, -0.25) is 4.79 Å². The third-order valence-electron chi connectivity index (χ3n) is 3.11. The van der Waals surface area contributed by atoms with Crippen molar-refractivity contribution in [2.45, 2.75) is 12.1 Å². The molecule has 116 valence electrons. The van der Waals surface area contributed by atoms with Crippen LogP contribution in [0.5, 0.6) is 0 Å². The summed E-state index contributed by atoms with van der Waals surface area (Å²) in [6.45, 7) is 1.71. The number of amides is 1. The van der Waals surface area contributed by atoms with E-state index in [1.165, 1.54) is 11.8 Å². The van der Waals surface area contributed by atoms with Crippen molar-refractivity contribution in [2.75, 3.05) is 11.1 Å². The molecule has 1 N–H and O–H groups in total. The van der Waals surface area contributed by atoms with E-state index in [0.717, 1.165) is 16.8 Å². The number of aryl methyl sites for hydroxylation is 1. The molecule has 0 radical (unpaired) electrons. The normalized spacial score (nSPS) is 10.5. The van der Waals surface area contributed by atoms with E-state index in [1.807, 2.05) is 42.5 Å². The molecule has 3 aromatic rings. The van der Waals surface area contributed by atoms with Crippen LogP contribution < -0.4 is 5.32 Å². The summed E-state index contributed by atoms with van der Waals surface area (Å²) in [6.07, 6.45) is 0. The fraction of sp³-hybridized carbons (Fsp3) is 0.118. The zero-order valence-corrected chi connectivity index (χ0v) is 13.3. The Hall–Kier alpha value is -2.60. The molecule has 0 spiro atoms. The molecular weight excluding hydrogens is 310 g/mol. The lowest BCUT2D eigenvalue weighted by atomic mass is 10.1. The molecule has 0 aliphatic heterocycles. The molecule has 0 aliphatic carbocycles. The van der Waals surface area contributed by atoms with Gasteiger partial charge in [0.2, 0.25) is 11.8 Å². The molecule has 5 nitrogen and oxygen atoms in total. The Morgan fingerprint density at radius 2 is 1.74 bits per heavy atom. The molecule has 23 heavy (non-hydrogen) atoms. The van der Waals surface area contributed by atoms with Gasteiger partial charge < -0.3 is 9.73 Å². The number of carbonyl (C=O) groups excluding carboxylic acids is 1. The Labute approximate surface area is 138 Å². The lowest BCUT2D eigenvalue weighted by Gasteiger charge is -2.06. The largest absolute Gasteiger partial charge is 0.416 e. The van der Waals surface area contributed by atoms with Crippen LogP contribution in [0.1, 0.15) is 5.89 Å². The number of anilines is 1. The highest BCUT2D eigenvalue weighted by atomic mass is 32.2. The Balaban J connectivity index is 1.56. The standard InChI is InChI=1S/C17H15N3O2S/c1-12-19-20-17(22-12)23-11-16(21)18-15-9-7-14(8-10-15)13-5-3-2-4-6-13/h2-10H,11H2,1H3,(H,18,21). The van der Waals surface area contributed by atoms with E-state index in [0.29, 0.717) is 11.1 Å². The SMILES string of the molecule is Cc1nnc(SCC(=O)Nc2ccc(-c3ccccc3)cc2)o1. The first-order valence-corrected chi connectivity index (χ1v) is 8.07. The first kappa shape index (κ1) is 15.3. The lowest BCUT2D eigenvalue weighted by Crippen LogP contribution is -2.13. The second kappa shape index (κ2) is 7.11. The highest BCUT2D eigenvalue weighted by Crippen LogP contribution is 2.21. The minimum Gasteiger partial charge on any atom is -0.416 e. The summed E-state index contributed by atoms with van der Waals surface area (Å²) in [5.74, 6) is 0.602. The molecule has 0 saturated heterocycles. The summed E-state index contributed by atoms with van der Waals surface area (Å²) >= 11 is 1.22. The van der Waals surface area contributed by atoms with Crippen molar-refractivity contribution in [3.8, 4) is 11.1 Å². The van der Waals surface area contributed by atoms with Gasteiger partial charge in [0.15, 0.2) is 0 Å². The summed E-state index contributed by atoms with van der Waals surface area (Å²) in [5, 5.41) is 10.8. The predicted molar refractivity (Wildman–Crippen MR) is 90.3 cm³/mol. The maximum absolute atomic E-state index is 11.9. The molecule has 0 bridgehead atoms. The number of nitrogens with zero attached hydrogens (tertiary/aromatic N) is 2. The number of nitrogens with one attached hydrogen (secondary N) is 1. The van der Waals surface area contributed by atoms with Crippen molar-refractivity contribution < 1.29 is 9.21 Å². The quantitative estimate of drug-likeness (QED) is 0.723. The maximum Gasteiger partial charge on any atom is 0.277 e. The van der Waals surface area contributed by atoms with E-state index in [4.69, 9.17) is 4.42 Å². The molecule has 1 amide bonds. The molecule has 3 rings (SSSR count). The molecule has 0 fully saturated rings. The van der Waals surface area contributed by atoms with E-state index in [2.05, 4.69) is 27.6 Å². The second-order valence-electron chi connectivity index (χ2n) is 4.87. The number of benzene rings is 2. The Morgan fingerprint density at radius 1 is 1.04 bits per heavy atom. The number of rotatable bonds is 5. The Morgan fingerprint density at radius 3 is 2.39 bits per heavy atom. The number of thioether (sulfide) groups is 1. The lowest BCUT2D eigenvalue weighted by molar-refractivity contribution is -0.113. The van der Waals surface area contributed by atoms with Gasteiger partial charge in [0.25, 0.3) is 5.22 Å². The minimum atomic E-state index is -0.113. The molecule has 1 aromatic heterocycles. The van der Waals surface area contributed by atoms with Gasteiger partial charge in [-0.2, -0.15) is 0 Å². The number of carbonyl (C=O) groups is 1. The van der Waals surface area contributed by atoms with Crippen LogP contribution in [-0.2, 0) is 4.79 Å². The molecule has 0 saturated carbocycles. The highest BCUT2D eigenvalue weighted by Gasteiger charge is 2.08. The van der Waals surface area contributed by atoms with Crippen molar-refractivity contribution in [1.29, 1.82) is 0 Å². The van der Waals surface area contributed by atoms with Crippen LogP contribution in [0.25, 0.3) is 11.1 Å². The topological polar surface area (TPSA) is 68.0 Å². The summed E-state index contributed by atoms with van der Waals surface area (Å²) in [4.78, 5) is 11.9. The molecule has 1 heterocycles. The summed E-state index contributed by atoms with van der Waals surface area (Å²) in [7, 11) is 0. The fourth-order valence-electron chi connectivity index (χ4n) is 2.04. The Kier molecular flexibility index (Phi) is 4.73. The maximum atomic E-state index is 11.9. The summed E-state index contributed by atoms with van der Waals surface area (Å²) < 4.78 is 5.21. The average molecular weight is 325 g/mol. The van der Waals surface area contributed by atoms with Crippen LogP contribution in [-0.4, -0.2) is 21.9 Å². The van der Waals surface area contributed by atoms with Crippen molar-refractivity contribution in [3.63, 3.8) is 0 Å². The first-order chi connectivity index (χ1) is 11.2. The van der Waals surface area contributed by atoms with Crippen molar-refractivity contribution in [1.82, 2.24) is 10.2 Å². The van der Waals surface area contributed by atoms with Crippen LogP contribution >= 0.6 is 11.8 Å². The van der Waals surface area contributed by atoms with E-state index in [-0.39, 0.29) is 11.7 Å². The van der Waals surface area contributed by atoms with Crippen LogP contribution in [0.4, 0.5) is 5.69 Å². The number of aromatic nitrogens is 2. The van der Waals surface area contributed by atoms with Gasteiger partial charge >= 0.3 is 0 Å². The third kappa shape index (κ3) is 4.20. The van der Waals surface area contributed by atoms with Gasteiger partial charge in [-0.15, -0.1) is 10.2 Å². The van der Waals surface area contributed by atoms with Gasteiger partial charge in [0.1, 0.15) is 0 Å². The monoisotopic (exact) mass is 325 g/mol. The molecule has 6 heteroatoms. The smallest absolute Gasteiger partial charge is 0.277 e. The molecular formula is C17H15N3O2S. The minimum absolute atomic E-state index is 0.113. The fourth-order valence-corrected chi connectivity index (χ4v) is 2.64. The van der Waals surface area contributed by atoms with Gasteiger partial charge in [0, 0.05) is 12.6 Å². The van der Waals surface area contributed by atoms with Gasteiger partial charge in [0.05, 0.1) is 5.75 Å². The van der Waals surface area contributed by atoms with Crippen molar-refractivity contribution in [3.05, 3.63) is 60.5 Å². The van der Waals surface area contributed by atoms with Gasteiger partial charge in [-0.25, -0.2) is 0 Å². The van der Waals surface area contributed by atoms with E-state index in [1.54, 1.807) is 6.92 Å². The van der Waals surface area contributed by atoms with E-state index in [9.17, 15) is 4.79 Å². The molecule has 0 aliphatic rings. The van der Waals surface area contributed by atoms with Crippen molar-refractivity contribution in [2.24, 2.45) is 0 Å². The number of hydrogen-bond donors (Lipinski definition) is 1. The molecule has 0 unspecified atom stereocenters. The second-order valence-corrected chi connectivity index (χ2v) is 5.79. The zero-order valence-electron chi connectivity index (χ0n) is 12.5. The highest BCUT2D eigenvalue weighted by molar-refractivity contribution is 7.99. The Bertz CT molecular complexity index is 785. The van der Waals surface area contributed by atoms with E-state index >= 15 is 0 Å². The van der Waals surface area contributed by atoms with Crippen LogP contribution in [0.3, 0.4) is 0 Å².